The van der Waals surface area contributed by atoms with Gasteiger partial charge >= 0.3 is 18.2 Å². The molecule has 1 aliphatic rings. The Morgan fingerprint density at radius 1 is 0.844 bits per heavy atom. The van der Waals surface area contributed by atoms with Crippen LogP contribution < -0.4 is 10.6 Å². The molecule has 0 aromatic heterocycles. The van der Waals surface area contributed by atoms with E-state index in [0.717, 1.165) is 17.2 Å². The van der Waals surface area contributed by atoms with Gasteiger partial charge in [0.05, 0.1) is 6.08 Å². The number of carbonyl (C=O) groups is 3. The van der Waals surface area contributed by atoms with Gasteiger partial charge in [0.15, 0.2) is 0 Å². The number of hydrogen-bond donors (Lipinski definition) is 5. The molecule has 9 heteroatoms. The van der Waals surface area contributed by atoms with Crippen LogP contribution in [-0.4, -0.2) is 39.1 Å². The molecule has 2 amide bonds. The molecule has 0 radical (unpaired) electrons. The highest BCUT2D eigenvalue weighted by Gasteiger charge is 2.37. The first-order valence-corrected chi connectivity index (χ1v) is 10.0. The standard InChI is InChI=1S/C23H24N2O7/c26-19-13-20(27)32-23(14-19,11-9-15-1-5-17(6-2-15)24-21(28)29)12-10-16-3-7-18(8-4-16)25-22(30)31/h1-8,13,24-26H,9-12,14H2,(H,28,29)(H,30,31). The lowest BCUT2D eigenvalue weighted by Gasteiger charge is -2.36. The van der Waals surface area contributed by atoms with Crippen LogP contribution in [0.4, 0.5) is 21.0 Å². The van der Waals surface area contributed by atoms with Crippen molar-refractivity contribution in [2.24, 2.45) is 0 Å². The van der Waals surface area contributed by atoms with Crippen molar-refractivity contribution in [3.8, 4) is 0 Å². The van der Waals surface area contributed by atoms with Gasteiger partial charge in [-0.2, -0.15) is 0 Å². The summed E-state index contributed by atoms with van der Waals surface area (Å²) in [5.74, 6) is -0.612. The number of carboxylic acid groups (broad SMARTS) is 2. The van der Waals surface area contributed by atoms with Crippen LogP contribution in [0.1, 0.15) is 30.4 Å². The number of benzene rings is 2. The number of aliphatic hydroxyl groups excluding tert-OH is 1. The molecule has 0 saturated heterocycles. The van der Waals surface area contributed by atoms with Gasteiger partial charge in [-0.15, -0.1) is 0 Å². The largest absolute Gasteiger partial charge is 0.512 e. The molecule has 32 heavy (non-hydrogen) atoms. The van der Waals surface area contributed by atoms with Crippen LogP contribution in [0.15, 0.2) is 60.4 Å². The molecule has 1 heterocycles. The fourth-order valence-corrected chi connectivity index (χ4v) is 3.70. The summed E-state index contributed by atoms with van der Waals surface area (Å²) in [7, 11) is 0. The summed E-state index contributed by atoms with van der Waals surface area (Å²) in [6, 6.07) is 13.8. The highest BCUT2D eigenvalue weighted by atomic mass is 16.6. The maximum Gasteiger partial charge on any atom is 0.409 e. The van der Waals surface area contributed by atoms with Gasteiger partial charge in [0.2, 0.25) is 0 Å². The molecule has 1 aliphatic heterocycles. The Balaban J connectivity index is 1.68. The predicted molar refractivity (Wildman–Crippen MR) is 117 cm³/mol. The van der Waals surface area contributed by atoms with Crippen molar-refractivity contribution in [3.05, 3.63) is 71.5 Å². The number of aryl methyl sites for hydroxylation is 2. The molecule has 0 spiro atoms. The summed E-state index contributed by atoms with van der Waals surface area (Å²) in [4.78, 5) is 33.5. The molecule has 2 aromatic carbocycles. The lowest BCUT2D eigenvalue weighted by Crippen LogP contribution is -2.39. The third kappa shape index (κ3) is 6.49. The Bertz CT molecular complexity index is 950. The lowest BCUT2D eigenvalue weighted by molar-refractivity contribution is -0.158. The SMILES string of the molecule is O=C(O)Nc1ccc(CCC2(CCc3ccc(NC(=O)O)cc3)CC(O)=CC(=O)O2)cc1. The number of hydrogen-bond acceptors (Lipinski definition) is 5. The van der Waals surface area contributed by atoms with Crippen LogP contribution in [0.2, 0.25) is 0 Å². The number of anilines is 2. The second-order valence-corrected chi connectivity index (χ2v) is 7.67. The summed E-state index contributed by atoms with van der Waals surface area (Å²) in [5, 5.41) is 32.2. The molecule has 3 rings (SSSR count). The Morgan fingerprint density at radius 2 is 1.28 bits per heavy atom. The number of carbonyl (C=O) groups excluding carboxylic acids is 1. The van der Waals surface area contributed by atoms with E-state index in [-0.39, 0.29) is 12.2 Å². The monoisotopic (exact) mass is 440 g/mol. The molecule has 0 aliphatic carbocycles. The third-order valence-electron chi connectivity index (χ3n) is 5.25. The van der Waals surface area contributed by atoms with Gasteiger partial charge in [0, 0.05) is 17.8 Å². The van der Waals surface area contributed by atoms with E-state index in [9.17, 15) is 19.5 Å². The number of aliphatic hydroxyl groups is 1. The smallest absolute Gasteiger partial charge is 0.409 e. The van der Waals surface area contributed by atoms with Gasteiger partial charge in [0.25, 0.3) is 0 Å². The summed E-state index contributed by atoms with van der Waals surface area (Å²) >= 11 is 0. The normalized spacial score (nSPS) is 14.8. The molecule has 168 valence electrons. The Kier molecular flexibility index (Phi) is 6.99. The van der Waals surface area contributed by atoms with Gasteiger partial charge < -0.3 is 20.1 Å². The summed E-state index contributed by atoms with van der Waals surface area (Å²) in [6.07, 6.45) is 1.08. The summed E-state index contributed by atoms with van der Waals surface area (Å²) in [5.41, 5.74) is 1.92. The predicted octanol–water partition coefficient (Wildman–Crippen LogP) is 4.56. The Hall–Kier alpha value is -4.01. The van der Waals surface area contributed by atoms with E-state index >= 15 is 0 Å². The van der Waals surface area contributed by atoms with Gasteiger partial charge in [-0.3, -0.25) is 10.6 Å². The van der Waals surface area contributed by atoms with E-state index in [2.05, 4.69) is 10.6 Å². The van der Waals surface area contributed by atoms with E-state index in [4.69, 9.17) is 14.9 Å². The van der Waals surface area contributed by atoms with Crippen LogP contribution in [-0.2, 0) is 22.4 Å². The molecule has 2 aromatic rings. The molecule has 0 unspecified atom stereocenters. The Labute approximate surface area is 184 Å². The van der Waals surface area contributed by atoms with E-state index in [1.54, 1.807) is 48.5 Å². The van der Waals surface area contributed by atoms with Crippen molar-refractivity contribution in [2.45, 2.75) is 37.7 Å². The van der Waals surface area contributed by atoms with E-state index < -0.39 is 23.8 Å². The van der Waals surface area contributed by atoms with Crippen molar-refractivity contribution in [1.29, 1.82) is 0 Å². The topological polar surface area (TPSA) is 145 Å². The quantitative estimate of drug-likeness (QED) is 0.378. The maximum atomic E-state index is 12.0. The van der Waals surface area contributed by atoms with E-state index in [1.807, 2.05) is 0 Å². The first kappa shape index (κ1) is 22.7. The maximum absolute atomic E-state index is 12.0. The van der Waals surface area contributed by atoms with Crippen LogP contribution in [0.5, 0.6) is 0 Å². The fourth-order valence-electron chi connectivity index (χ4n) is 3.70. The van der Waals surface area contributed by atoms with Gasteiger partial charge in [-0.05, 0) is 61.1 Å². The molecular formula is C23H24N2O7. The summed E-state index contributed by atoms with van der Waals surface area (Å²) in [6.45, 7) is 0. The van der Waals surface area contributed by atoms with Gasteiger partial charge in [-0.25, -0.2) is 14.4 Å². The molecule has 9 nitrogen and oxygen atoms in total. The zero-order valence-electron chi connectivity index (χ0n) is 17.2. The average molecular weight is 440 g/mol. The van der Waals surface area contributed by atoms with Crippen LogP contribution >= 0.6 is 0 Å². The number of nitrogens with one attached hydrogen (secondary N) is 2. The van der Waals surface area contributed by atoms with Crippen molar-refractivity contribution in [1.82, 2.24) is 0 Å². The molecule has 0 saturated carbocycles. The number of rotatable bonds is 8. The lowest BCUT2D eigenvalue weighted by atomic mass is 9.84. The highest BCUT2D eigenvalue weighted by molar-refractivity contribution is 5.84. The molecule has 0 fully saturated rings. The van der Waals surface area contributed by atoms with Crippen LogP contribution in [0.3, 0.4) is 0 Å². The second-order valence-electron chi connectivity index (χ2n) is 7.67. The second kappa shape index (κ2) is 9.86. The molecule has 0 bridgehead atoms. The number of ether oxygens (including phenoxy) is 1. The molecular weight excluding hydrogens is 416 g/mol. The average Bonchev–Trinajstić information content (AvgIpc) is 2.71. The van der Waals surface area contributed by atoms with Crippen LogP contribution in [0.25, 0.3) is 0 Å². The first-order valence-electron chi connectivity index (χ1n) is 10.0. The van der Waals surface area contributed by atoms with E-state index in [0.29, 0.717) is 37.1 Å². The minimum atomic E-state index is -1.14. The van der Waals surface area contributed by atoms with Gasteiger partial charge in [0.1, 0.15) is 11.4 Å². The van der Waals surface area contributed by atoms with E-state index in [1.165, 1.54) is 0 Å². The minimum Gasteiger partial charge on any atom is -0.512 e. The summed E-state index contributed by atoms with van der Waals surface area (Å²) < 4.78 is 5.69. The first-order chi connectivity index (χ1) is 15.2. The fraction of sp³-hybridized carbons (Fsp3) is 0.261. The van der Waals surface area contributed by atoms with Crippen molar-refractivity contribution >= 4 is 29.5 Å². The molecule has 0 atom stereocenters. The van der Waals surface area contributed by atoms with Crippen LogP contribution in [0, 0.1) is 0 Å². The zero-order chi connectivity index (χ0) is 23.1. The number of amides is 2. The minimum absolute atomic E-state index is 0.0248. The number of esters is 1. The third-order valence-corrected chi connectivity index (χ3v) is 5.25. The van der Waals surface area contributed by atoms with Crippen molar-refractivity contribution < 1.29 is 34.4 Å². The zero-order valence-corrected chi connectivity index (χ0v) is 17.2. The molecule has 5 N–H and O–H groups in total. The van der Waals surface area contributed by atoms with Crippen molar-refractivity contribution in [2.75, 3.05) is 10.6 Å². The van der Waals surface area contributed by atoms with Crippen molar-refractivity contribution in [3.63, 3.8) is 0 Å². The number of cyclic esters (lactones) is 1. The van der Waals surface area contributed by atoms with Gasteiger partial charge in [-0.1, -0.05) is 24.3 Å². The highest BCUT2D eigenvalue weighted by Crippen LogP contribution is 2.34. The Morgan fingerprint density at radius 3 is 1.66 bits per heavy atom.